The molecule has 0 rings (SSSR count). The molecule has 0 spiro atoms. The molecule has 1 unspecified atom stereocenters. The molecule has 0 N–H and O–H groups in total. The van der Waals surface area contributed by atoms with Crippen LogP contribution < -0.4 is 51.4 Å². The van der Waals surface area contributed by atoms with Crippen molar-refractivity contribution >= 4 is 31.5 Å². The fourth-order valence-electron chi connectivity index (χ4n) is 2.65. The summed E-state index contributed by atoms with van der Waals surface area (Å²) in [4.78, 5) is 8.68. The number of hydrogen-bond acceptors (Lipinski definition) is 4. The van der Waals surface area contributed by atoms with E-state index in [9.17, 15) is 0 Å². The van der Waals surface area contributed by atoms with Crippen LogP contribution in [0.1, 0.15) is 13.8 Å². The molecule has 0 aromatic carbocycles. The van der Waals surface area contributed by atoms with Crippen molar-refractivity contribution < 1.29 is 69.1 Å². The predicted molar refractivity (Wildman–Crippen MR) is 102 cm³/mol. The van der Waals surface area contributed by atoms with E-state index in [2.05, 4.69) is 59.7 Å². The average Bonchev–Trinajstić information content (AvgIpc) is 2.21. The van der Waals surface area contributed by atoms with Crippen LogP contribution in [0, 0.1) is 12.8 Å². The first-order valence-electron chi connectivity index (χ1n) is 7.85. The molecule has 0 aliphatic carbocycles. The minimum atomic E-state index is -2.00. The van der Waals surface area contributed by atoms with Gasteiger partial charge in [-0.2, -0.15) is 6.92 Å². The van der Waals surface area contributed by atoms with E-state index < -0.39 is 25.2 Å². The second-order valence-corrected chi connectivity index (χ2v) is 20.1. The first-order chi connectivity index (χ1) is 9.78. The van der Waals surface area contributed by atoms with Crippen LogP contribution in [0.5, 0.6) is 0 Å². The molecule has 0 fully saturated rings. The Bertz CT molecular complexity index is 308. The Morgan fingerprint density at radius 1 is 1.04 bits per heavy atom. The molecule has 0 aromatic heterocycles. The molecule has 0 aliphatic rings. The van der Waals surface area contributed by atoms with Gasteiger partial charge in [0.25, 0.3) is 0 Å². The third-order valence-electron chi connectivity index (χ3n) is 2.46. The fraction of sp³-hybridized carbons (Fsp3) is 0.867. The van der Waals surface area contributed by atoms with Crippen LogP contribution in [0.3, 0.4) is 0 Å². The second-order valence-electron chi connectivity index (χ2n) is 7.56. The molecular weight excluding hydrogens is 368 g/mol. The summed E-state index contributed by atoms with van der Waals surface area (Å²) in [5.41, 5.74) is 0. The first-order valence-corrected chi connectivity index (χ1v) is 17.2. The van der Waals surface area contributed by atoms with Gasteiger partial charge in [0.2, 0.25) is 0 Å². The van der Waals surface area contributed by atoms with Gasteiger partial charge in [0, 0.05) is 6.61 Å². The van der Waals surface area contributed by atoms with Gasteiger partial charge >= 0.3 is 59.9 Å². The normalized spacial score (nSPS) is 13.5. The van der Waals surface area contributed by atoms with Crippen molar-refractivity contribution in [3.05, 3.63) is 6.92 Å². The third-order valence-corrected chi connectivity index (χ3v) is 12.7. The van der Waals surface area contributed by atoms with E-state index in [1.165, 1.54) is 13.2 Å². The minimum absolute atomic E-state index is 0. The van der Waals surface area contributed by atoms with Gasteiger partial charge in [-0.05, 0) is 57.8 Å². The van der Waals surface area contributed by atoms with E-state index in [1.807, 2.05) is 0 Å². The maximum Gasteiger partial charge on any atom is 1.00 e. The molecule has 23 heavy (non-hydrogen) atoms. The van der Waals surface area contributed by atoms with Crippen molar-refractivity contribution in [1.29, 1.82) is 0 Å². The molecule has 0 heterocycles. The number of carbonyl (C=O) groups excluding carboxylic acids is 1. The van der Waals surface area contributed by atoms with Crippen molar-refractivity contribution in [2.24, 2.45) is 5.92 Å². The third kappa shape index (κ3) is 21.8. The topological polar surface area (TPSA) is 44.8 Å². The summed E-state index contributed by atoms with van der Waals surface area (Å²) >= 11 is 0. The molecule has 0 bridgehead atoms. The van der Waals surface area contributed by atoms with Crippen molar-refractivity contribution in [1.82, 2.24) is 0 Å². The van der Waals surface area contributed by atoms with Crippen LogP contribution in [-0.4, -0.2) is 44.7 Å². The van der Waals surface area contributed by atoms with Crippen molar-refractivity contribution in [2.45, 2.75) is 65.7 Å². The number of ether oxygens (including phenoxy) is 1. The largest absolute Gasteiger partial charge is 1.00 e. The second kappa shape index (κ2) is 14.0. The van der Waals surface area contributed by atoms with Crippen LogP contribution >= 0.6 is 0 Å². The maximum atomic E-state index is 8.68. The molecule has 8 heteroatoms. The van der Waals surface area contributed by atoms with Gasteiger partial charge in [0.1, 0.15) is 0 Å². The zero-order valence-electron chi connectivity index (χ0n) is 17.0. The first kappa shape index (κ1) is 29.6. The van der Waals surface area contributed by atoms with E-state index in [-0.39, 0.29) is 51.4 Å². The van der Waals surface area contributed by atoms with Crippen molar-refractivity contribution in [3.63, 3.8) is 0 Å². The van der Waals surface area contributed by atoms with Crippen LogP contribution in [-0.2, 0) is 17.8 Å². The Hall–Kier alpha value is 1.84. The predicted octanol–water partition coefficient (Wildman–Crippen LogP) is 1.37. The molecule has 0 aromatic rings. The molecule has 0 radical (unpaired) electrons. The molecular formula is C15H36KO4Si3-. The summed E-state index contributed by atoms with van der Waals surface area (Å²) in [6.07, 6.45) is 1.50. The SMILES string of the molecule is C[C-]=O.[CH2-]COCC(C)C[Si](C)(C)O[Si](C)(C)O[Si](C)(C)C.[K+]. The van der Waals surface area contributed by atoms with E-state index in [0.717, 1.165) is 12.7 Å². The Morgan fingerprint density at radius 2 is 1.48 bits per heavy atom. The minimum Gasteiger partial charge on any atom is -0.542 e. The Kier molecular flexibility index (Phi) is 18.0. The summed E-state index contributed by atoms with van der Waals surface area (Å²) < 4.78 is 18.1. The quantitative estimate of drug-likeness (QED) is 0.431. The molecule has 0 saturated carbocycles. The maximum absolute atomic E-state index is 8.68. The molecule has 4 nitrogen and oxygen atoms in total. The smallest absolute Gasteiger partial charge is 0.542 e. The molecule has 0 amide bonds. The summed E-state index contributed by atoms with van der Waals surface area (Å²) in [7, 11) is -5.22. The Morgan fingerprint density at radius 3 is 1.83 bits per heavy atom. The molecule has 0 saturated heterocycles. The monoisotopic (exact) mass is 403 g/mol. The van der Waals surface area contributed by atoms with Gasteiger partial charge < -0.3 is 24.7 Å². The fourth-order valence-corrected chi connectivity index (χ4v) is 16.5. The van der Waals surface area contributed by atoms with Gasteiger partial charge in [-0.3, -0.25) is 6.29 Å². The summed E-state index contributed by atoms with van der Waals surface area (Å²) in [5.74, 6) is 0.528. The number of hydrogen-bond donors (Lipinski definition) is 0. The van der Waals surface area contributed by atoms with Gasteiger partial charge in [-0.1, -0.05) is 13.5 Å². The zero-order valence-corrected chi connectivity index (χ0v) is 23.2. The van der Waals surface area contributed by atoms with E-state index in [1.54, 1.807) is 0 Å². The summed E-state index contributed by atoms with van der Waals surface area (Å²) in [6, 6.07) is 1.11. The summed E-state index contributed by atoms with van der Waals surface area (Å²) in [5, 5.41) is 0. The zero-order chi connectivity index (χ0) is 18.0. The summed E-state index contributed by atoms with van der Waals surface area (Å²) in [6.45, 7) is 24.2. The molecule has 134 valence electrons. The molecule has 1 atom stereocenters. The van der Waals surface area contributed by atoms with Crippen LogP contribution in [0.15, 0.2) is 0 Å². The number of rotatable bonds is 9. The Balaban J connectivity index is -0.000000920. The van der Waals surface area contributed by atoms with Crippen molar-refractivity contribution in [3.8, 4) is 0 Å². The van der Waals surface area contributed by atoms with Crippen molar-refractivity contribution in [2.75, 3.05) is 13.2 Å². The molecule has 0 aliphatic heterocycles. The van der Waals surface area contributed by atoms with Crippen LogP contribution in [0.25, 0.3) is 0 Å². The van der Waals surface area contributed by atoms with Crippen LogP contribution in [0.2, 0.25) is 51.9 Å². The standard InChI is InChI=1S/C13H33O3Si3.C2H3O.K/c1-10-14-11-13(2)12-18(6,7)16-19(8,9)15-17(3,4)5;1-2-3;/h13H,1,10-12H2,2-9H3;1H3;/q2*-1;+1. The van der Waals surface area contributed by atoms with E-state index in [0.29, 0.717) is 12.5 Å². The van der Waals surface area contributed by atoms with E-state index >= 15 is 0 Å². The van der Waals surface area contributed by atoms with E-state index in [4.69, 9.17) is 17.8 Å². The van der Waals surface area contributed by atoms with Gasteiger partial charge in [0.05, 0.1) is 0 Å². The van der Waals surface area contributed by atoms with Gasteiger partial charge in [-0.25, -0.2) is 0 Å². The Labute approximate surface area is 190 Å². The van der Waals surface area contributed by atoms with Crippen LogP contribution in [0.4, 0.5) is 0 Å². The average molecular weight is 404 g/mol. The van der Waals surface area contributed by atoms with Gasteiger partial charge in [0.15, 0.2) is 16.6 Å². The van der Waals surface area contributed by atoms with Gasteiger partial charge in [-0.15, -0.1) is 0 Å².